The number of fused-ring (bicyclic) bond motifs is 1. The van der Waals surface area contributed by atoms with E-state index in [9.17, 15) is 4.79 Å². The van der Waals surface area contributed by atoms with Gasteiger partial charge in [0.05, 0.1) is 0 Å². The van der Waals surface area contributed by atoms with Crippen LogP contribution < -0.4 is 0 Å². The molecule has 0 bridgehead atoms. The summed E-state index contributed by atoms with van der Waals surface area (Å²) in [5, 5.41) is 0. The van der Waals surface area contributed by atoms with E-state index in [1.165, 1.54) is 30.4 Å². The number of carbonyl (C=O) groups is 1. The van der Waals surface area contributed by atoms with Crippen molar-refractivity contribution < 1.29 is 4.79 Å². The molecule has 2 aliphatic rings. The second-order valence-electron chi connectivity index (χ2n) is 5.29. The van der Waals surface area contributed by atoms with Gasteiger partial charge >= 0.3 is 0 Å². The molecule has 88 valence electrons. The minimum absolute atomic E-state index is 0.188. The van der Waals surface area contributed by atoms with Gasteiger partial charge in [0.15, 0.2) is 5.78 Å². The van der Waals surface area contributed by atoms with Crippen molar-refractivity contribution in [2.24, 2.45) is 0 Å². The molecule has 0 heterocycles. The first-order valence-corrected chi connectivity index (χ1v) is 6.61. The van der Waals surface area contributed by atoms with E-state index in [-0.39, 0.29) is 5.41 Å². The van der Waals surface area contributed by atoms with Crippen LogP contribution in [-0.2, 0) is 10.2 Å². The highest BCUT2D eigenvalue weighted by Gasteiger charge is 2.40. The number of ketones is 1. The fraction of sp³-hybridized carbons (Fsp3) is 0.438. The van der Waals surface area contributed by atoms with E-state index < -0.39 is 0 Å². The zero-order valence-corrected chi connectivity index (χ0v) is 10.1. The van der Waals surface area contributed by atoms with E-state index in [0.29, 0.717) is 5.78 Å². The van der Waals surface area contributed by atoms with Crippen molar-refractivity contribution in [3.63, 3.8) is 0 Å². The minimum atomic E-state index is 0.188. The van der Waals surface area contributed by atoms with Crippen LogP contribution in [0.5, 0.6) is 0 Å². The average Bonchev–Trinajstić information content (AvgIpc) is 2.40. The molecule has 2 aliphatic carbocycles. The molecule has 0 spiro atoms. The maximum Gasteiger partial charge on any atom is 0.155 e. The molecule has 0 unspecified atom stereocenters. The van der Waals surface area contributed by atoms with Crippen LogP contribution in [0.25, 0.3) is 0 Å². The van der Waals surface area contributed by atoms with Gasteiger partial charge in [-0.1, -0.05) is 42.3 Å². The van der Waals surface area contributed by atoms with Gasteiger partial charge in [-0.25, -0.2) is 0 Å². The van der Waals surface area contributed by atoms with Crippen molar-refractivity contribution in [3.8, 4) is 0 Å². The van der Waals surface area contributed by atoms with E-state index >= 15 is 0 Å². The molecule has 1 heteroatoms. The van der Waals surface area contributed by atoms with Gasteiger partial charge in [-0.15, -0.1) is 0 Å². The minimum Gasteiger partial charge on any atom is -0.295 e. The Morgan fingerprint density at radius 3 is 2.59 bits per heavy atom. The largest absolute Gasteiger partial charge is 0.295 e. The highest BCUT2D eigenvalue weighted by Crippen LogP contribution is 2.48. The molecule has 0 aromatic heterocycles. The SMILES string of the molecule is O=C1C=C2CCCC[C@@]2(c2ccccc2)CC1. The first-order chi connectivity index (χ1) is 8.31. The van der Waals surface area contributed by atoms with Crippen LogP contribution in [0.4, 0.5) is 0 Å². The maximum atomic E-state index is 11.6. The quantitative estimate of drug-likeness (QED) is 0.712. The third-order valence-corrected chi connectivity index (χ3v) is 4.37. The lowest BCUT2D eigenvalue weighted by Gasteiger charge is -2.42. The van der Waals surface area contributed by atoms with Gasteiger partial charge in [-0.2, -0.15) is 0 Å². The lowest BCUT2D eigenvalue weighted by atomic mass is 9.61. The third-order valence-electron chi connectivity index (χ3n) is 4.37. The van der Waals surface area contributed by atoms with Gasteiger partial charge in [-0.3, -0.25) is 4.79 Å². The van der Waals surface area contributed by atoms with Crippen molar-refractivity contribution in [2.75, 3.05) is 0 Å². The molecule has 0 aliphatic heterocycles. The summed E-state index contributed by atoms with van der Waals surface area (Å²) in [5.41, 5.74) is 3.00. The van der Waals surface area contributed by atoms with Gasteiger partial charge in [0.2, 0.25) is 0 Å². The van der Waals surface area contributed by atoms with Crippen LogP contribution in [-0.4, -0.2) is 5.78 Å². The Morgan fingerprint density at radius 1 is 0.941 bits per heavy atom. The van der Waals surface area contributed by atoms with Gasteiger partial charge in [0.1, 0.15) is 0 Å². The first kappa shape index (κ1) is 10.8. The van der Waals surface area contributed by atoms with Gasteiger partial charge in [0, 0.05) is 11.8 Å². The standard InChI is InChI=1S/C16H18O/c17-15-9-11-16(13-6-2-1-3-7-13)10-5-4-8-14(16)12-15/h1-3,6-7,12H,4-5,8-11H2/t16-/m0/s1. The summed E-state index contributed by atoms with van der Waals surface area (Å²) in [7, 11) is 0. The number of hydrogen-bond acceptors (Lipinski definition) is 1. The number of rotatable bonds is 1. The molecule has 3 rings (SSSR count). The second kappa shape index (κ2) is 4.14. The van der Waals surface area contributed by atoms with Gasteiger partial charge in [0.25, 0.3) is 0 Å². The molecule has 1 nitrogen and oxygen atoms in total. The molecule has 1 fully saturated rings. The Morgan fingerprint density at radius 2 is 1.76 bits per heavy atom. The molecule has 1 aromatic rings. The van der Waals surface area contributed by atoms with Crippen LogP contribution in [0.15, 0.2) is 42.0 Å². The smallest absolute Gasteiger partial charge is 0.155 e. The first-order valence-electron chi connectivity index (χ1n) is 6.61. The summed E-state index contributed by atoms with van der Waals surface area (Å²) in [6.45, 7) is 0. The summed E-state index contributed by atoms with van der Waals surface area (Å²) in [4.78, 5) is 11.6. The molecule has 1 atom stereocenters. The molecular weight excluding hydrogens is 208 g/mol. The molecule has 1 saturated carbocycles. The maximum absolute atomic E-state index is 11.6. The fourth-order valence-electron chi connectivity index (χ4n) is 3.47. The van der Waals surface area contributed by atoms with E-state index in [1.807, 2.05) is 6.08 Å². The van der Waals surface area contributed by atoms with Crippen molar-refractivity contribution in [3.05, 3.63) is 47.5 Å². The number of benzene rings is 1. The summed E-state index contributed by atoms with van der Waals surface area (Å²) >= 11 is 0. The third kappa shape index (κ3) is 1.74. The molecule has 1 aromatic carbocycles. The summed E-state index contributed by atoms with van der Waals surface area (Å²) in [6.07, 6.45) is 8.54. The number of carbonyl (C=O) groups excluding carboxylic acids is 1. The Hall–Kier alpha value is -1.37. The van der Waals surface area contributed by atoms with Crippen LogP contribution >= 0.6 is 0 Å². The van der Waals surface area contributed by atoms with Crippen molar-refractivity contribution in [1.82, 2.24) is 0 Å². The van der Waals surface area contributed by atoms with Crippen LogP contribution in [0, 0.1) is 0 Å². The summed E-state index contributed by atoms with van der Waals surface area (Å²) < 4.78 is 0. The highest BCUT2D eigenvalue weighted by molar-refractivity contribution is 5.92. The average molecular weight is 226 g/mol. The van der Waals surface area contributed by atoms with Gasteiger partial charge < -0.3 is 0 Å². The molecule has 0 N–H and O–H groups in total. The summed E-state index contributed by atoms with van der Waals surface area (Å²) in [5.74, 6) is 0.327. The Kier molecular flexibility index (Phi) is 2.62. The molecule has 0 amide bonds. The molecule has 0 radical (unpaired) electrons. The van der Waals surface area contributed by atoms with E-state index in [4.69, 9.17) is 0 Å². The molecule has 0 saturated heterocycles. The Balaban J connectivity index is 2.09. The topological polar surface area (TPSA) is 17.1 Å². The van der Waals surface area contributed by atoms with Crippen molar-refractivity contribution >= 4 is 5.78 Å². The zero-order chi connectivity index (χ0) is 11.7. The van der Waals surface area contributed by atoms with Crippen LogP contribution in [0.3, 0.4) is 0 Å². The summed E-state index contributed by atoms with van der Waals surface area (Å²) in [6, 6.07) is 10.8. The Labute approximate surface area is 103 Å². The van der Waals surface area contributed by atoms with E-state index in [1.54, 1.807) is 0 Å². The fourth-order valence-corrected chi connectivity index (χ4v) is 3.47. The predicted octanol–water partition coefficient (Wildman–Crippen LogP) is 3.79. The highest BCUT2D eigenvalue weighted by atomic mass is 16.1. The zero-order valence-electron chi connectivity index (χ0n) is 10.1. The van der Waals surface area contributed by atoms with Crippen molar-refractivity contribution in [1.29, 1.82) is 0 Å². The number of hydrogen-bond donors (Lipinski definition) is 0. The van der Waals surface area contributed by atoms with Gasteiger partial charge in [-0.05, 0) is 37.3 Å². The van der Waals surface area contributed by atoms with Crippen LogP contribution in [0.2, 0.25) is 0 Å². The Bertz CT molecular complexity index is 458. The molecule has 17 heavy (non-hydrogen) atoms. The van der Waals surface area contributed by atoms with Crippen molar-refractivity contribution in [2.45, 2.75) is 43.9 Å². The lowest BCUT2D eigenvalue weighted by Crippen LogP contribution is -2.35. The number of allylic oxidation sites excluding steroid dienone is 2. The monoisotopic (exact) mass is 226 g/mol. The normalized spacial score (nSPS) is 28.5. The van der Waals surface area contributed by atoms with E-state index in [0.717, 1.165) is 19.3 Å². The molecular formula is C16H18O. The van der Waals surface area contributed by atoms with Crippen LogP contribution in [0.1, 0.15) is 44.1 Å². The second-order valence-corrected chi connectivity index (χ2v) is 5.29. The van der Waals surface area contributed by atoms with E-state index in [2.05, 4.69) is 30.3 Å². The lowest BCUT2D eigenvalue weighted by molar-refractivity contribution is -0.115. The predicted molar refractivity (Wildman–Crippen MR) is 68.9 cm³/mol.